The summed E-state index contributed by atoms with van der Waals surface area (Å²) in [5, 5.41) is 13.2. The van der Waals surface area contributed by atoms with Gasteiger partial charge in [0.2, 0.25) is 0 Å². The first-order valence-electron chi connectivity index (χ1n) is 10.4. The summed E-state index contributed by atoms with van der Waals surface area (Å²) >= 11 is 0. The zero-order valence-corrected chi connectivity index (χ0v) is 14.6. The van der Waals surface area contributed by atoms with E-state index in [1.165, 1.54) is 18.8 Å². The first-order chi connectivity index (χ1) is 13.9. The standard InChI is InChI=1S/C20H23N5O/c1-24-13-17(12-21-24)15-5-6-20-16(9-15)10-18(22-23-20)11-19(26)14-25-7-3-2-4-8-25/h5-6,9-10,12-13H,2-4,7-8,11,14H2,1H3/i1D3. The molecular weight excluding hydrogens is 326 g/mol. The van der Waals surface area contributed by atoms with E-state index >= 15 is 0 Å². The van der Waals surface area contributed by atoms with Crippen LogP contribution in [-0.2, 0) is 18.2 Å². The highest BCUT2D eigenvalue weighted by molar-refractivity contribution is 5.86. The lowest BCUT2D eigenvalue weighted by Gasteiger charge is -2.25. The largest absolute Gasteiger partial charge is 0.298 e. The molecule has 134 valence electrons. The molecule has 0 atom stereocenters. The van der Waals surface area contributed by atoms with Crippen molar-refractivity contribution >= 4 is 16.7 Å². The Labute approximate surface area is 157 Å². The molecule has 0 aliphatic carbocycles. The lowest BCUT2D eigenvalue weighted by molar-refractivity contribution is -0.119. The summed E-state index contributed by atoms with van der Waals surface area (Å²) in [6.07, 6.45) is 6.86. The highest BCUT2D eigenvalue weighted by Gasteiger charge is 2.15. The number of benzene rings is 1. The topological polar surface area (TPSA) is 63.9 Å². The summed E-state index contributed by atoms with van der Waals surface area (Å²) < 4.78 is 23.3. The van der Waals surface area contributed by atoms with Gasteiger partial charge in [0.05, 0.1) is 30.4 Å². The third-order valence-corrected chi connectivity index (χ3v) is 4.78. The first kappa shape index (κ1) is 13.6. The van der Waals surface area contributed by atoms with Gasteiger partial charge in [-0.2, -0.15) is 15.3 Å². The van der Waals surface area contributed by atoms with Gasteiger partial charge in [-0.3, -0.25) is 14.4 Å². The normalized spacial score (nSPS) is 17.6. The van der Waals surface area contributed by atoms with Crippen molar-refractivity contribution in [3.63, 3.8) is 0 Å². The average molecular weight is 352 g/mol. The minimum absolute atomic E-state index is 0.149. The van der Waals surface area contributed by atoms with Crippen molar-refractivity contribution in [2.24, 2.45) is 6.98 Å². The van der Waals surface area contributed by atoms with Gasteiger partial charge >= 0.3 is 0 Å². The van der Waals surface area contributed by atoms with Crippen LogP contribution in [0, 0.1) is 0 Å². The summed E-state index contributed by atoms with van der Waals surface area (Å²) in [6.45, 7) is 0.140. The van der Waals surface area contributed by atoms with Crippen LogP contribution in [0.1, 0.15) is 29.1 Å². The molecule has 1 aromatic carbocycles. The van der Waals surface area contributed by atoms with Crippen molar-refractivity contribution < 1.29 is 8.91 Å². The van der Waals surface area contributed by atoms with Crippen molar-refractivity contribution in [3.8, 4) is 11.1 Å². The number of rotatable bonds is 5. The van der Waals surface area contributed by atoms with Crippen LogP contribution < -0.4 is 0 Å². The molecule has 0 radical (unpaired) electrons. The second-order valence-electron chi connectivity index (χ2n) is 6.84. The molecule has 0 bridgehead atoms. The van der Waals surface area contributed by atoms with E-state index in [4.69, 9.17) is 4.11 Å². The third-order valence-electron chi connectivity index (χ3n) is 4.78. The van der Waals surface area contributed by atoms with Crippen LogP contribution in [0.3, 0.4) is 0 Å². The van der Waals surface area contributed by atoms with Crippen LogP contribution >= 0.6 is 0 Å². The van der Waals surface area contributed by atoms with Crippen molar-refractivity contribution in [2.45, 2.75) is 25.7 Å². The Morgan fingerprint density at radius 1 is 1.15 bits per heavy atom. The van der Waals surface area contributed by atoms with Gasteiger partial charge < -0.3 is 0 Å². The Hall–Kier alpha value is -2.60. The molecule has 0 unspecified atom stereocenters. The van der Waals surface area contributed by atoms with Crippen LogP contribution in [0.25, 0.3) is 22.0 Å². The average Bonchev–Trinajstić information content (AvgIpc) is 3.19. The van der Waals surface area contributed by atoms with E-state index in [-0.39, 0.29) is 12.2 Å². The number of ketones is 1. The van der Waals surface area contributed by atoms with Gasteiger partial charge in [-0.1, -0.05) is 12.5 Å². The van der Waals surface area contributed by atoms with E-state index in [0.29, 0.717) is 17.8 Å². The van der Waals surface area contributed by atoms with Gasteiger partial charge in [-0.15, -0.1) is 0 Å². The maximum absolute atomic E-state index is 12.4. The summed E-state index contributed by atoms with van der Waals surface area (Å²) in [7, 11) is 0. The van der Waals surface area contributed by atoms with Gasteiger partial charge in [0.15, 0.2) is 5.78 Å². The van der Waals surface area contributed by atoms with Crippen LogP contribution in [-0.4, -0.2) is 50.3 Å². The monoisotopic (exact) mass is 352 g/mol. The number of hydrogen-bond donors (Lipinski definition) is 0. The summed E-state index contributed by atoms with van der Waals surface area (Å²) in [6, 6.07) is 7.50. The summed E-state index contributed by atoms with van der Waals surface area (Å²) in [5.41, 5.74) is 2.92. The quantitative estimate of drug-likeness (QED) is 0.706. The van der Waals surface area contributed by atoms with Crippen molar-refractivity contribution in [1.82, 2.24) is 24.9 Å². The number of aromatic nitrogens is 4. The molecule has 26 heavy (non-hydrogen) atoms. The van der Waals surface area contributed by atoms with Crippen molar-refractivity contribution in [2.75, 3.05) is 19.6 Å². The Morgan fingerprint density at radius 3 is 2.85 bits per heavy atom. The molecular formula is C20H23N5O. The fourth-order valence-corrected chi connectivity index (χ4v) is 3.45. The van der Waals surface area contributed by atoms with Crippen LogP contribution in [0.5, 0.6) is 0 Å². The van der Waals surface area contributed by atoms with E-state index in [1.54, 1.807) is 0 Å². The molecule has 1 aliphatic rings. The molecule has 3 heterocycles. The molecule has 4 rings (SSSR count). The van der Waals surface area contributed by atoms with Gasteiger partial charge in [-0.05, 0) is 49.7 Å². The highest BCUT2D eigenvalue weighted by Crippen LogP contribution is 2.23. The Kier molecular flexibility index (Phi) is 3.83. The van der Waals surface area contributed by atoms with E-state index in [2.05, 4.69) is 20.2 Å². The molecule has 0 saturated carbocycles. The van der Waals surface area contributed by atoms with Gasteiger partial charge in [0.1, 0.15) is 0 Å². The fraction of sp³-hybridized carbons (Fsp3) is 0.400. The van der Waals surface area contributed by atoms with Crippen LogP contribution in [0.2, 0.25) is 0 Å². The molecule has 6 heteroatoms. The van der Waals surface area contributed by atoms with Gasteiger partial charge in [-0.25, -0.2) is 0 Å². The molecule has 1 fully saturated rings. The number of piperidine rings is 1. The minimum atomic E-state index is -2.30. The third kappa shape index (κ3) is 3.80. The molecule has 0 spiro atoms. The molecule has 2 aromatic heterocycles. The SMILES string of the molecule is [2H]C([2H])([2H])n1cc(-c2ccc3nnc(CC(=O)CN4CCCCC4)cc3c2)cn1. The summed E-state index contributed by atoms with van der Waals surface area (Å²) in [4.78, 5) is 14.6. The minimum Gasteiger partial charge on any atom is -0.298 e. The van der Waals surface area contributed by atoms with E-state index in [0.717, 1.165) is 47.1 Å². The molecule has 1 aliphatic heterocycles. The highest BCUT2D eigenvalue weighted by atomic mass is 16.1. The van der Waals surface area contributed by atoms with Crippen LogP contribution in [0.15, 0.2) is 36.7 Å². The predicted molar refractivity (Wildman–Crippen MR) is 101 cm³/mol. The van der Waals surface area contributed by atoms with E-state index < -0.39 is 6.98 Å². The predicted octanol–water partition coefficient (Wildman–Crippen LogP) is 2.63. The van der Waals surface area contributed by atoms with Crippen LogP contribution in [0.4, 0.5) is 0 Å². The molecule has 6 nitrogen and oxygen atoms in total. The second-order valence-corrected chi connectivity index (χ2v) is 6.84. The van der Waals surface area contributed by atoms with Crippen molar-refractivity contribution in [1.29, 1.82) is 0 Å². The zero-order valence-electron chi connectivity index (χ0n) is 17.6. The van der Waals surface area contributed by atoms with Gasteiger partial charge in [0, 0.05) is 28.2 Å². The second kappa shape index (κ2) is 7.33. The smallest absolute Gasteiger partial charge is 0.152 e. The number of Topliss-reactive ketones (excluding diaryl/α,β-unsaturated/α-hetero) is 1. The number of aryl methyl sites for hydroxylation is 1. The molecule has 1 saturated heterocycles. The van der Waals surface area contributed by atoms with E-state index in [1.807, 2.05) is 24.3 Å². The summed E-state index contributed by atoms with van der Waals surface area (Å²) in [5.74, 6) is 0.149. The maximum Gasteiger partial charge on any atom is 0.152 e. The Morgan fingerprint density at radius 2 is 2.04 bits per heavy atom. The molecule has 0 amide bonds. The Bertz CT molecular complexity index is 1020. The van der Waals surface area contributed by atoms with Crippen molar-refractivity contribution in [3.05, 3.63) is 42.4 Å². The molecule has 0 N–H and O–H groups in total. The maximum atomic E-state index is 12.4. The number of fused-ring (bicyclic) bond motifs is 1. The number of nitrogens with zero attached hydrogens (tertiary/aromatic N) is 5. The first-order valence-corrected chi connectivity index (χ1v) is 8.94. The molecule has 3 aromatic rings. The lowest BCUT2D eigenvalue weighted by atomic mass is 10.1. The zero-order chi connectivity index (χ0) is 20.4. The van der Waals surface area contributed by atoms with Gasteiger partial charge in [0.25, 0.3) is 0 Å². The lowest BCUT2D eigenvalue weighted by Crippen LogP contribution is -2.35. The number of likely N-dealkylation sites (tertiary alicyclic amines) is 1. The Balaban J connectivity index is 1.52. The number of carbonyl (C=O) groups is 1. The number of hydrogen-bond acceptors (Lipinski definition) is 5. The van der Waals surface area contributed by atoms with E-state index in [9.17, 15) is 4.79 Å². The fourth-order valence-electron chi connectivity index (χ4n) is 3.45. The number of carbonyl (C=O) groups excluding carboxylic acids is 1.